The molecule has 0 spiro atoms. The van der Waals surface area contributed by atoms with Gasteiger partial charge in [0.25, 0.3) is 0 Å². The van der Waals surface area contributed by atoms with Crippen molar-refractivity contribution in [2.75, 3.05) is 13.2 Å². The number of hydrogen-bond donors (Lipinski definition) is 5. The predicted octanol–water partition coefficient (Wildman–Crippen LogP) is -2.71. The quantitative estimate of drug-likeness (QED) is 0.259. The van der Waals surface area contributed by atoms with E-state index >= 15 is 0 Å². The number of nitrogens with two attached hydrogens (primary N) is 1. The summed E-state index contributed by atoms with van der Waals surface area (Å²) in [6.07, 6.45) is -3.97. The van der Waals surface area contributed by atoms with Gasteiger partial charge in [0, 0.05) is 6.61 Å². The molecule has 1 aliphatic rings. The summed E-state index contributed by atoms with van der Waals surface area (Å²) in [6.45, 7) is 1.76. The molecule has 0 aromatic carbocycles. The van der Waals surface area contributed by atoms with Gasteiger partial charge in [-0.2, -0.15) is 0 Å². The second-order valence-corrected chi connectivity index (χ2v) is 3.35. The number of hydrazine groups is 1. The maximum Gasteiger partial charge on any atom is 0.177 e. The van der Waals surface area contributed by atoms with E-state index < -0.39 is 30.6 Å². The second kappa shape index (κ2) is 5.71. The molecule has 0 aromatic heterocycles. The van der Waals surface area contributed by atoms with Crippen molar-refractivity contribution in [2.45, 2.75) is 37.6 Å². The molecule has 1 saturated heterocycles. The van der Waals surface area contributed by atoms with Crippen LogP contribution in [0.3, 0.4) is 0 Å². The third kappa shape index (κ3) is 2.64. The zero-order valence-electron chi connectivity index (χ0n) is 8.54. The van der Waals surface area contributed by atoms with Crippen LogP contribution >= 0.6 is 0 Å². The third-order valence-corrected chi connectivity index (χ3v) is 2.40. The van der Waals surface area contributed by atoms with Crippen LogP contribution in [0.4, 0.5) is 0 Å². The van der Waals surface area contributed by atoms with Crippen molar-refractivity contribution in [1.29, 1.82) is 0 Å². The summed E-state index contributed by atoms with van der Waals surface area (Å²) < 4.78 is 10.4. The van der Waals surface area contributed by atoms with Gasteiger partial charge in [-0.1, -0.05) is 0 Å². The molecule has 7 heteroatoms. The van der Waals surface area contributed by atoms with Crippen molar-refractivity contribution in [3.8, 4) is 0 Å². The fourth-order valence-electron chi connectivity index (χ4n) is 1.57. The number of nitrogens with one attached hydrogen (secondary N) is 1. The first kappa shape index (κ1) is 12.8. The zero-order chi connectivity index (χ0) is 11.4. The molecule has 0 bridgehead atoms. The summed E-state index contributed by atoms with van der Waals surface area (Å²) in [5.74, 6) is 5.22. The topological polar surface area (TPSA) is 117 Å². The van der Waals surface area contributed by atoms with Crippen LogP contribution in [-0.2, 0) is 9.47 Å². The lowest BCUT2D eigenvalue weighted by atomic mass is 9.97. The number of hydrogen-bond acceptors (Lipinski definition) is 7. The van der Waals surface area contributed by atoms with Crippen molar-refractivity contribution < 1.29 is 24.8 Å². The highest BCUT2D eigenvalue weighted by atomic mass is 16.7. The Kier molecular flexibility index (Phi) is 4.87. The smallest absolute Gasteiger partial charge is 0.177 e. The van der Waals surface area contributed by atoms with E-state index in [2.05, 4.69) is 5.43 Å². The Morgan fingerprint density at radius 1 is 1.40 bits per heavy atom. The minimum Gasteiger partial charge on any atom is -0.394 e. The van der Waals surface area contributed by atoms with Crippen molar-refractivity contribution in [3.63, 3.8) is 0 Å². The van der Waals surface area contributed by atoms with Gasteiger partial charge < -0.3 is 24.8 Å². The molecule has 5 atom stereocenters. The molecule has 0 aliphatic carbocycles. The molecule has 15 heavy (non-hydrogen) atoms. The van der Waals surface area contributed by atoms with Crippen LogP contribution < -0.4 is 11.3 Å². The summed E-state index contributed by atoms with van der Waals surface area (Å²) in [6, 6.07) is -0.720. The molecule has 1 rings (SSSR count). The van der Waals surface area contributed by atoms with Crippen LogP contribution in [0, 0.1) is 0 Å². The van der Waals surface area contributed by atoms with Gasteiger partial charge in [-0.25, -0.2) is 5.43 Å². The van der Waals surface area contributed by atoms with E-state index in [0.717, 1.165) is 0 Å². The lowest BCUT2D eigenvalue weighted by molar-refractivity contribution is -0.269. The molecule has 1 aliphatic heterocycles. The van der Waals surface area contributed by atoms with E-state index in [-0.39, 0.29) is 6.61 Å². The molecule has 1 fully saturated rings. The van der Waals surface area contributed by atoms with Crippen molar-refractivity contribution in [1.82, 2.24) is 5.43 Å². The second-order valence-electron chi connectivity index (χ2n) is 3.35. The predicted molar refractivity (Wildman–Crippen MR) is 50.5 cm³/mol. The first-order valence-electron chi connectivity index (χ1n) is 4.85. The van der Waals surface area contributed by atoms with E-state index in [1.165, 1.54) is 0 Å². The fraction of sp³-hybridized carbons (Fsp3) is 1.00. The average molecular weight is 222 g/mol. The standard InChI is InChI=1S/C8H18N2O5/c1-2-14-8-5(10-9)7(13)6(12)4(3-11)15-8/h4-8,10-13H,2-3,9H2,1H3/t4-,5-,6-,7-,8?/m1/s1. The number of ether oxygens (including phenoxy) is 2. The van der Waals surface area contributed by atoms with Gasteiger partial charge in [0.15, 0.2) is 6.29 Å². The van der Waals surface area contributed by atoms with Gasteiger partial charge in [0.2, 0.25) is 0 Å². The molecule has 1 unspecified atom stereocenters. The van der Waals surface area contributed by atoms with E-state index in [1.54, 1.807) is 6.92 Å². The first-order valence-corrected chi connectivity index (χ1v) is 4.85. The molecule has 90 valence electrons. The highest BCUT2D eigenvalue weighted by Gasteiger charge is 2.44. The molecule has 0 aromatic rings. The lowest BCUT2D eigenvalue weighted by Crippen LogP contribution is -2.65. The van der Waals surface area contributed by atoms with Crippen molar-refractivity contribution >= 4 is 0 Å². The summed E-state index contributed by atoms with van der Waals surface area (Å²) in [5.41, 5.74) is 2.32. The minimum atomic E-state index is -1.19. The molecule has 6 N–H and O–H groups in total. The average Bonchev–Trinajstić information content (AvgIpc) is 2.24. The van der Waals surface area contributed by atoms with Crippen LogP contribution in [-0.4, -0.2) is 59.2 Å². The molecule has 7 nitrogen and oxygen atoms in total. The monoisotopic (exact) mass is 222 g/mol. The minimum absolute atomic E-state index is 0.379. The molecule has 0 saturated carbocycles. The lowest BCUT2D eigenvalue weighted by Gasteiger charge is -2.41. The Morgan fingerprint density at radius 2 is 2.07 bits per heavy atom. The van der Waals surface area contributed by atoms with Gasteiger partial charge in [-0.05, 0) is 6.92 Å². The molecular formula is C8H18N2O5. The first-order chi connectivity index (χ1) is 7.15. The van der Waals surface area contributed by atoms with Crippen LogP contribution in [0.15, 0.2) is 0 Å². The van der Waals surface area contributed by atoms with Crippen LogP contribution in [0.1, 0.15) is 6.92 Å². The summed E-state index contributed by atoms with van der Waals surface area (Å²) in [7, 11) is 0. The molecule has 0 amide bonds. The highest BCUT2D eigenvalue weighted by Crippen LogP contribution is 2.21. The van der Waals surface area contributed by atoms with Crippen LogP contribution in [0.2, 0.25) is 0 Å². The van der Waals surface area contributed by atoms with Crippen molar-refractivity contribution in [3.05, 3.63) is 0 Å². The van der Waals surface area contributed by atoms with E-state index in [1.807, 2.05) is 0 Å². The van der Waals surface area contributed by atoms with Crippen LogP contribution in [0.25, 0.3) is 0 Å². The largest absolute Gasteiger partial charge is 0.394 e. The van der Waals surface area contributed by atoms with Gasteiger partial charge in [-0.15, -0.1) is 0 Å². The molecular weight excluding hydrogens is 204 g/mol. The van der Waals surface area contributed by atoms with E-state index in [0.29, 0.717) is 6.61 Å². The Hall–Kier alpha value is -0.280. The summed E-state index contributed by atoms with van der Waals surface area (Å²) in [4.78, 5) is 0. The maximum absolute atomic E-state index is 9.67. The maximum atomic E-state index is 9.67. The summed E-state index contributed by atoms with van der Waals surface area (Å²) >= 11 is 0. The molecule has 0 radical (unpaired) electrons. The Labute approximate surface area is 87.8 Å². The Morgan fingerprint density at radius 3 is 2.53 bits per heavy atom. The summed E-state index contributed by atoms with van der Waals surface area (Å²) in [5, 5.41) is 28.1. The van der Waals surface area contributed by atoms with E-state index in [9.17, 15) is 10.2 Å². The number of rotatable bonds is 4. The Balaban J connectivity index is 2.70. The van der Waals surface area contributed by atoms with Gasteiger partial charge in [-0.3, -0.25) is 5.84 Å². The molecule has 1 heterocycles. The van der Waals surface area contributed by atoms with Crippen LogP contribution in [0.5, 0.6) is 0 Å². The van der Waals surface area contributed by atoms with Gasteiger partial charge >= 0.3 is 0 Å². The normalized spacial score (nSPS) is 41.8. The Bertz CT molecular complexity index is 194. The SMILES string of the molecule is CCOC1O[C@H](CO)[C@@H](O)[C@H](O)[C@H]1NN. The van der Waals surface area contributed by atoms with Gasteiger partial charge in [0.05, 0.1) is 6.61 Å². The highest BCUT2D eigenvalue weighted by molar-refractivity contribution is 4.92. The fourth-order valence-corrected chi connectivity index (χ4v) is 1.57. The van der Waals surface area contributed by atoms with Gasteiger partial charge in [0.1, 0.15) is 24.4 Å². The zero-order valence-corrected chi connectivity index (χ0v) is 8.54. The van der Waals surface area contributed by atoms with E-state index in [4.69, 9.17) is 20.4 Å². The third-order valence-electron chi connectivity index (χ3n) is 2.40. The number of aliphatic hydroxyl groups excluding tert-OH is 3. The number of aliphatic hydroxyl groups is 3. The van der Waals surface area contributed by atoms with Crippen molar-refractivity contribution in [2.24, 2.45) is 5.84 Å².